The Labute approximate surface area is 160 Å². The standard InChI is InChI=1S/C22H27NO4/c1-13(2)16-9-8-14(3)11-17(16)20-18(24)12-15(7-5-4-6-10-23)19(21(20)25)22(26)27/h11-12,16-17,24-25H,1,4-9H2,2-3H3,(H,26,27)/t16-,17+/m0/s1. The quantitative estimate of drug-likeness (QED) is 0.461. The number of phenols is 2. The largest absolute Gasteiger partial charge is 0.507 e. The van der Waals surface area contributed by atoms with Gasteiger partial charge in [-0.3, -0.25) is 0 Å². The van der Waals surface area contributed by atoms with Crippen LogP contribution in [-0.4, -0.2) is 21.3 Å². The second-order valence-corrected chi connectivity index (χ2v) is 7.39. The summed E-state index contributed by atoms with van der Waals surface area (Å²) in [5.41, 5.74) is 2.59. The molecule has 0 spiro atoms. The van der Waals surface area contributed by atoms with Gasteiger partial charge < -0.3 is 15.3 Å². The first-order chi connectivity index (χ1) is 12.8. The van der Waals surface area contributed by atoms with Crippen molar-refractivity contribution < 1.29 is 20.1 Å². The zero-order valence-corrected chi connectivity index (χ0v) is 16.0. The zero-order chi connectivity index (χ0) is 20.1. The van der Waals surface area contributed by atoms with E-state index in [1.807, 2.05) is 19.9 Å². The average Bonchev–Trinajstić information content (AvgIpc) is 2.57. The number of carboxylic acid groups (broad SMARTS) is 1. The number of aryl methyl sites for hydroxylation is 1. The van der Waals surface area contributed by atoms with E-state index in [9.17, 15) is 20.1 Å². The number of carboxylic acids is 1. The van der Waals surface area contributed by atoms with Crippen molar-refractivity contribution >= 4 is 5.97 Å². The van der Waals surface area contributed by atoms with E-state index >= 15 is 0 Å². The molecule has 0 aliphatic heterocycles. The highest BCUT2D eigenvalue weighted by Gasteiger charge is 2.32. The van der Waals surface area contributed by atoms with Crippen LogP contribution >= 0.6 is 0 Å². The Bertz CT molecular complexity index is 817. The van der Waals surface area contributed by atoms with Crippen LogP contribution in [0, 0.1) is 17.2 Å². The van der Waals surface area contributed by atoms with Gasteiger partial charge in [-0.1, -0.05) is 23.8 Å². The molecule has 2 rings (SSSR count). The van der Waals surface area contributed by atoms with Crippen molar-refractivity contribution in [2.45, 2.75) is 58.3 Å². The van der Waals surface area contributed by atoms with Gasteiger partial charge in [0.1, 0.15) is 17.1 Å². The number of nitrogens with zero attached hydrogens (tertiary/aromatic N) is 1. The Morgan fingerprint density at radius 2 is 2.07 bits per heavy atom. The van der Waals surface area contributed by atoms with Crippen LogP contribution in [0.15, 0.2) is 29.9 Å². The van der Waals surface area contributed by atoms with E-state index < -0.39 is 5.97 Å². The molecule has 0 fully saturated rings. The molecule has 0 bridgehead atoms. The number of allylic oxidation sites excluding steroid dienone is 3. The third kappa shape index (κ3) is 4.51. The van der Waals surface area contributed by atoms with Crippen LogP contribution in [0.25, 0.3) is 0 Å². The number of phenolic OH excluding ortho intramolecular Hbond substituents is 1. The van der Waals surface area contributed by atoms with Crippen molar-refractivity contribution in [1.82, 2.24) is 0 Å². The third-order valence-electron chi connectivity index (χ3n) is 5.31. The number of hydrogen-bond donors (Lipinski definition) is 3. The molecular weight excluding hydrogens is 342 g/mol. The summed E-state index contributed by atoms with van der Waals surface area (Å²) in [5.74, 6) is -1.93. The fourth-order valence-corrected chi connectivity index (χ4v) is 3.91. The average molecular weight is 369 g/mol. The van der Waals surface area contributed by atoms with Crippen LogP contribution in [0.1, 0.15) is 73.4 Å². The molecule has 1 aliphatic carbocycles. The molecular formula is C22H27NO4. The molecule has 27 heavy (non-hydrogen) atoms. The Kier molecular flexibility index (Phi) is 6.68. The van der Waals surface area contributed by atoms with Crippen molar-refractivity contribution in [2.24, 2.45) is 5.92 Å². The van der Waals surface area contributed by atoms with Crippen molar-refractivity contribution in [3.8, 4) is 17.6 Å². The van der Waals surface area contributed by atoms with E-state index in [1.165, 1.54) is 6.07 Å². The van der Waals surface area contributed by atoms with E-state index in [4.69, 9.17) is 5.26 Å². The molecule has 0 saturated heterocycles. The van der Waals surface area contributed by atoms with Gasteiger partial charge >= 0.3 is 5.97 Å². The minimum atomic E-state index is -1.22. The molecule has 5 heteroatoms. The van der Waals surface area contributed by atoms with Crippen molar-refractivity contribution in [1.29, 1.82) is 5.26 Å². The molecule has 2 atom stereocenters. The van der Waals surface area contributed by atoms with Crippen molar-refractivity contribution in [2.75, 3.05) is 0 Å². The monoisotopic (exact) mass is 369 g/mol. The van der Waals surface area contributed by atoms with Gasteiger partial charge in [0.2, 0.25) is 0 Å². The Morgan fingerprint density at radius 3 is 2.67 bits per heavy atom. The molecule has 1 aromatic rings. The molecule has 144 valence electrons. The first kappa shape index (κ1) is 20.6. The minimum Gasteiger partial charge on any atom is -0.507 e. The summed E-state index contributed by atoms with van der Waals surface area (Å²) in [6, 6.07) is 3.51. The van der Waals surface area contributed by atoms with Gasteiger partial charge in [0.25, 0.3) is 0 Å². The van der Waals surface area contributed by atoms with Gasteiger partial charge in [-0.25, -0.2) is 4.79 Å². The molecule has 5 nitrogen and oxygen atoms in total. The summed E-state index contributed by atoms with van der Waals surface area (Å²) < 4.78 is 0. The fraction of sp³-hybridized carbons (Fsp3) is 0.455. The number of aromatic hydroxyl groups is 2. The molecule has 0 unspecified atom stereocenters. The lowest BCUT2D eigenvalue weighted by atomic mass is 9.73. The minimum absolute atomic E-state index is 0.0358. The lowest BCUT2D eigenvalue weighted by Crippen LogP contribution is -2.18. The molecule has 0 aromatic heterocycles. The molecule has 1 aliphatic rings. The summed E-state index contributed by atoms with van der Waals surface area (Å²) in [6.07, 6.45) is 5.79. The molecule has 0 amide bonds. The van der Waals surface area contributed by atoms with Gasteiger partial charge in [-0.05, 0) is 63.5 Å². The first-order valence-corrected chi connectivity index (χ1v) is 9.28. The van der Waals surface area contributed by atoms with Gasteiger partial charge in [-0.2, -0.15) is 5.26 Å². The van der Waals surface area contributed by atoms with Crippen molar-refractivity contribution in [3.63, 3.8) is 0 Å². The van der Waals surface area contributed by atoms with Crippen LogP contribution in [-0.2, 0) is 6.42 Å². The van der Waals surface area contributed by atoms with E-state index in [1.54, 1.807) is 0 Å². The van der Waals surface area contributed by atoms with Crippen LogP contribution in [0.5, 0.6) is 11.5 Å². The SMILES string of the molecule is C=C(C)[C@@H]1CCC(C)=C[C@H]1c1c(O)cc(CCCCC#N)c(C(=O)O)c1O. The number of carbonyl (C=O) groups is 1. The van der Waals surface area contributed by atoms with Gasteiger partial charge in [0.05, 0.1) is 6.07 Å². The van der Waals surface area contributed by atoms with E-state index in [0.29, 0.717) is 31.2 Å². The maximum absolute atomic E-state index is 11.8. The fourth-order valence-electron chi connectivity index (χ4n) is 3.91. The topological polar surface area (TPSA) is 102 Å². The number of rotatable bonds is 7. The Morgan fingerprint density at radius 1 is 1.37 bits per heavy atom. The normalized spacial score (nSPS) is 19.2. The first-order valence-electron chi connectivity index (χ1n) is 9.28. The number of nitriles is 1. The summed E-state index contributed by atoms with van der Waals surface area (Å²) in [5, 5.41) is 39.8. The lowest BCUT2D eigenvalue weighted by Gasteiger charge is -2.32. The maximum Gasteiger partial charge on any atom is 0.339 e. The smallest absolute Gasteiger partial charge is 0.339 e. The predicted octanol–water partition coefficient (Wildman–Crippen LogP) is 5.05. The van der Waals surface area contributed by atoms with Crippen LogP contribution in [0.4, 0.5) is 0 Å². The highest BCUT2D eigenvalue weighted by Crippen LogP contribution is 2.48. The maximum atomic E-state index is 11.8. The predicted molar refractivity (Wildman–Crippen MR) is 104 cm³/mol. The number of hydrogen-bond acceptors (Lipinski definition) is 4. The highest BCUT2D eigenvalue weighted by atomic mass is 16.4. The summed E-state index contributed by atoms with van der Waals surface area (Å²) in [6.45, 7) is 7.95. The Hall–Kier alpha value is -2.74. The molecule has 0 radical (unpaired) electrons. The summed E-state index contributed by atoms with van der Waals surface area (Å²) in [7, 11) is 0. The second-order valence-electron chi connectivity index (χ2n) is 7.39. The Balaban J connectivity index is 2.53. The lowest BCUT2D eigenvalue weighted by molar-refractivity contribution is 0.0692. The van der Waals surface area contributed by atoms with Crippen LogP contribution in [0.3, 0.4) is 0 Å². The zero-order valence-electron chi connectivity index (χ0n) is 16.0. The van der Waals surface area contributed by atoms with E-state index in [2.05, 4.69) is 12.6 Å². The highest BCUT2D eigenvalue weighted by molar-refractivity contribution is 5.94. The summed E-state index contributed by atoms with van der Waals surface area (Å²) in [4.78, 5) is 11.8. The second kappa shape index (κ2) is 8.77. The van der Waals surface area contributed by atoms with Crippen LogP contribution < -0.4 is 0 Å². The van der Waals surface area contributed by atoms with Crippen molar-refractivity contribution in [3.05, 3.63) is 46.6 Å². The molecule has 0 saturated carbocycles. The molecule has 3 N–H and O–H groups in total. The van der Waals surface area contributed by atoms with Gasteiger partial charge in [-0.15, -0.1) is 0 Å². The van der Waals surface area contributed by atoms with Gasteiger partial charge in [0, 0.05) is 17.9 Å². The van der Waals surface area contributed by atoms with Gasteiger partial charge in [0.15, 0.2) is 0 Å². The van der Waals surface area contributed by atoms with E-state index in [0.717, 1.165) is 24.0 Å². The number of benzene rings is 1. The summed E-state index contributed by atoms with van der Waals surface area (Å²) >= 11 is 0. The van der Waals surface area contributed by atoms with Crippen LogP contribution in [0.2, 0.25) is 0 Å². The molecule has 1 aromatic carbocycles. The molecule has 0 heterocycles. The van der Waals surface area contributed by atoms with E-state index in [-0.39, 0.29) is 34.5 Å². The number of unbranched alkanes of at least 4 members (excludes halogenated alkanes) is 2. The number of aromatic carboxylic acids is 1. The third-order valence-corrected chi connectivity index (χ3v) is 5.31.